The van der Waals surface area contributed by atoms with Crippen LogP contribution in [0, 0.1) is 5.41 Å². The minimum absolute atomic E-state index is 0.0528. The zero-order valence-electron chi connectivity index (χ0n) is 13.3. The first kappa shape index (κ1) is 16.4. The fourth-order valence-electron chi connectivity index (χ4n) is 2.90. The Bertz CT molecular complexity index is 287. The molecule has 0 aromatic rings. The summed E-state index contributed by atoms with van der Waals surface area (Å²) < 4.78 is 0. The molecule has 1 aliphatic rings. The van der Waals surface area contributed by atoms with Crippen molar-refractivity contribution >= 4 is 5.91 Å². The summed E-state index contributed by atoms with van der Waals surface area (Å²) in [6, 6.07) is 0.146. The van der Waals surface area contributed by atoms with E-state index in [0.717, 1.165) is 39.0 Å². The summed E-state index contributed by atoms with van der Waals surface area (Å²) in [4.78, 5) is 14.7. The van der Waals surface area contributed by atoms with Crippen LogP contribution in [0.2, 0.25) is 0 Å². The zero-order valence-corrected chi connectivity index (χ0v) is 13.3. The predicted molar refractivity (Wildman–Crippen MR) is 80.2 cm³/mol. The molecule has 2 atom stereocenters. The normalized spacial score (nSPS) is 24.2. The molecule has 1 amide bonds. The number of carbonyl (C=O) groups excluding carboxylic acids is 1. The fraction of sp³-hybridized carbons (Fsp3) is 0.933. The van der Waals surface area contributed by atoms with Crippen LogP contribution >= 0.6 is 0 Å². The molecule has 2 N–H and O–H groups in total. The van der Waals surface area contributed by atoms with Gasteiger partial charge >= 0.3 is 0 Å². The number of nitrogens with zero attached hydrogens (tertiary/aromatic N) is 1. The predicted octanol–water partition coefficient (Wildman–Crippen LogP) is 1.61. The maximum atomic E-state index is 12.4. The van der Waals surface area contributed by atoms with Crippen molar-refractivity contribution in [1.82, 2.24) is 15.5 Å². The summed E-state index contributed by atoms with van der Waals surface area (Å²) >= 11 is 0. The summed E-state index contributed by atoms with van der Waals surface area (Å²) in [6.07, 6.45) is 2.27. The van der Waals surface area contributed by atoms with E-state index in [2.05, 4.69) is 50.2 Å². The monoisotopic (exact) mass is 269 g/mol. The van der Waals surface area contributed by atoms with Gasteiger partial charge in [0.2, 0.25) is 5.91 Å². The average molecular weight is 269 g/mol. The van der Waals surface area contributed by atoms with Gasteiger partial charge in [-0.15, -0.1) is 0 Å². The molecule has 0 aromatic carbocycles. The van der Waals surface area contributed by atoms with Gasteiger partial charge in [-0.2, -0.15) is 0 Å². The number of nitrogens with one attached hydrogen (secondary N) is 2. The van der Waals surface area contributed by atoms with Crippen LogP contribution in [0.4, 0.5) is 0 Å². The molecule has 0 bridgehead atoms. The van der Waals surface area contributed by atoms with Crippen LogP contribution < -0.4 is 10.6 Å². The van der Waals surface area contributed by atoms with Crippen LogP contribution in [0.3, 0.4) is 0 Å². The Labute approximate surface area is 118 Å². The van der Waals surface area contributed by atoms with Gasteiger partial charge < -0.3 is 15.5 Å². The van der Waals surface area contributed by atoms with Crippen molar-refractivity contribution < 1.29 is 4.79 Å². The van der Waals surface area contributed by atoms with Crippen LogP contribution in [-0.4, -0.2) is 49.1 Å². The van der Waals surface area contributed by atoms with E-state index in [0.29, 0.717) is 0 Å². The van der Waals surface area contributed by atoms with Gasteiger partial charge in [-0.3, -0.25) is 4.79 Å². The molecule has 0 aliphatic carbocycles. The van der Waals surface area contributed by atoms with Gasteiger partial charge in [-0.05, 0) is 44.8 Å². The SMILES string of the molecule is CCN(CC)CC(C)NC(=O)C1NCCCC1(C)C. The lowest BCUT2D eigenvalue weighted by molar-refractivity contribution is -0.127. The van der Waals surface area contributed by atoms with E-state index in [1.807, 2.05) is 0 Å². The van der Waals surface area contributed by atoms with E-state index in [-0.39, 0.29) is 23.4 Å². The summed E-state index contributed by atoms with van der Waals surface area (Å²) in [7, 11) is 0. The molecule has 19 heavy (non-hydrogen) atoms. The van der Waals surface area contributed by atoms with Crippen molar-refractivity contribution in [3.05, 3.63) is 0 Å². The second kappa shape index (κ2) is 7.25. The highest BCUT2D eigenvalue weighted by atomic mass is 16.2. The average Bonchev–Trinajstić information content (AvgIpc) is 2.35. The first-order valence-electron chi connectivity index (χ1n) is 7.66. The molecule has 1 saturated heterocycles. The first-order chi connectivity index (χ1) is 8.90. The molecule has 2 unspecified atom stereocenters. The van der Waals surface area contributed by atoms with Crippen LogP contribution in [0.5, 0.6) is 0 Å². The molecule has 1 aliphatic heterocycles. The van der Waals surface area contributed by atoms with E-state index in [4.69, 9.17) is 0 Å². The molecule has 0 saturated carbocycles. The number of amides is 1. The largest absolute Gasteiger partial charge is 0.351 e. The van der Waals surface area contributed by atoms with Crippen LogP contribution in [-0.2, 0) is 4.79 Å². The highest BCUT2D eigenvalue weighted by Crippen LogP contribution is 2.30. The molecule has 0 spiro atoms. The number of likely N-dealkylation sites (N-methyl/N-ethyl adjacent to an activating group) is 1. The van der Waals surface area contributed by atoms with Gasteiger partial charge in [0, 0.05) is 12.6 Å². The molecule has 1 rings (SSSR count). The third-order valence-electron chi connectivity index (χ3n) is 4.21. The highest BCUT2D eigenvalue weighted by Gasteiger charge is 2.37. The number of carbonyl (C=O) groups is 1. The maximum Gasteiger partial charge on any atom is 0.237 e. The van der Waals surface area contributed by atoms with Crippen molar-refractivity contribution in [1.29, 1.82) is 0 Å². The Morgan fingerprint density at radius 1 is 1.42 bits per heavy atom. The van der Waals surface area contributed by atoms with Crippen molar-refractivity contribution in [3.63, 3.8) is 0 Å². The molecule has 1 fully saturated rings. The van der Waals surface area contributed by atoms with Gasteiger partial charge in [-0.1, -0.05) is 27.7 Å². The second-order valence-corrected chi connectivity index (χ2v) is 6.37. The Hall–Kier alpha value is -0.610. The molecule has 4 heteroatoms. The Balaban J connectivity index is 2.49. The summed E-state index contributed by atoms with van der Waals surface area (Å²) in [5.74, 6) is 0.157. The lowest BCUT2D eigenvalue weighted by atomic mass is 9.77. The summed E-state index contributed by atoms with van der Waals surface area (Å²) in [6.45, 7) is 14.7. The van der Waals surface area contributed by atoms with E-state index in [9.17, 15) is 4.79 Å². The number of hydrogen-bond donors (Lipinski definition) is 2. The van der Waals surface area contributed by atoms with Crippen molar-refractivity contribution in [2.75, 3.05) is 26.2 Å². The lowest BCUT2D eigenvalue weighted by Gasteiger charge is -2.39. The summed E-state index contributed by atoms with van der Waals surface area (Å²) in [5.41, 5.74) is 0.0528. The molecule has 0 aromatic heterocycles. The van der Waals surface area contributed by atoms with Crippen molar-refractivity contribution in [3.8, 4) is 0 Å². The van der Waals surface area contributed by atoms with Gasteiger partial charge in [0.05, 0.1) is 6.04 Å². The standard InChI is InChI=1S/C15H31N3O/c1-6-18(7-2)11-12(3)17-14(19)13-15(4,5)9-8-10-16-13/h12-13,16H,6-11H2,1-5H3,(H,17,19). The molecule has 1 heterocycles. The zero-order chi connectivity index (χ0) is 14.5. The third kappa shape index (κ3) is 4.77. The molecule has 0 radical (unpaired) electrons. The number of rotatable bonds is 6. The highest BCUT2D eigenvalue weighted by molar-refractivity contribution is 5.83. The van der Waals surface area contributed by atoms with Gasteiger partial charge in [0.1, 0.15) is 0 Å². The Morgan fingerprint density at radius 2 is 2.05 bits per heavy atom. The fourth-order valence-corrected chi connectivity index (χ4v) is 2.90. The molecular formula is C15H31N3O. The summed E-state index contributed by atoms with van der Waals surface area (Å²) in [5, 5.41) is 6.53. The van der Waals surface area contributed by atoms with Crippen molar-refractivity contribution in [2.45, 2.75) is 59.5 Å². The molecular weight excluding hydrogens is 238 g/mol. The number of hydrogen-bond acceptors (Lipinski definition) is 3. The lowest BCUT2D eigenvalue weighted by Crippen LogP contribution is -2.57. The van der Waals surface area contributed by atoms with E-state index < -0.39 is 0 Å². The van der Waals surface area contributed by atoms with Crippen LogP contribution in [0.15, 0.2) is 0 Å². The third-order valence-corrected chi connectivity index (χ3v) is 4.21. The van der Waals surface area contributed by atoms with E-state index in [1.54, 1.807) is 0 Å². The molecule has 112 valence electrons. The van der Waals surface area contributed by atoms with Crippen molar-refractivity contribution in [2.24, 2.45) is 5.41 Å². The van der Waals surface area contributed by atoms with Gasteiger partial charge in [-0.25, -0.2) is 0 Å². The minimum Gasteiger partial charge on any atom is -0.351 e. The van der Waals surface area contributed by atoms with Crippen LogP contribution in [0.1, 0.15) is 47.5 Å². The quantitative estimate of drug-likeness (QED) is 0.770. The Morgan fingerprint density at radius 3 is 2.58 bits per heavy atom. The van der Waals surface area contributed by atoms with E-state index in [1.165, 1.54) is 0 Å². The minimum atomic E-state index is -0.0552. The maximum absolute atomic E-state index is 12.4. The smallest absolute Gasteiger partial charge is 0.237 e. The Kier molecular flexibility index (Phi) is 6.27. The number of piperidine rings is 1. The van der Waals surface area contributed by atoms with Crippen LogP contribution in [0.25, 0.3) is 0 Å². The van der Waals surface area contributed by atoms with Gasteiger partial charge in [0.25, 0.3) is 0 Å². The first-order valence-corrected chi connectivity index (χ1v) is 7.66. The second-order valence-electron chi connectivity index (χ2n) is 6.37. The van der Waals surface area contributed by atoms with E-state index >= 15 is 0 Å². The van der Waals surface area contributed by atoms with Gasteiger partial charge in [0.15, 0.2) is 0 Å². The molecule has 4 nitrogen and oxygen atoms in total. The topological polar surface area (TPSA) is 44.4 Å².